The molecule has 3 nitrogen and oxygen atoms in total. The molecular formula is C13H19NO2. The summed E-state index contributed by atoms with van der Waals surface area (Å²) in [6.45, 7) is 3.93. The molecule has 0 spiro atoms. The fourth-order valence-electron chi connectivity index (χ4n) is 2.11. The molecule has 0 saturated carbocycles. The lowest BCUT2D eigenvalue weighted by atomic mass is 9.93. The van der Waals surface area contributed by atoms with Crippen LogP contribution in [-0.4, -0.2) is 23.4 Å². The van der Waals surface area contributed by atoms with Gasteiger partial charge in [-0.25, -0.2) is 0 Å². The van der Waals surface area contributed by atoms with Crippen molar-refractivity contribution in [3.63, 3.8) is 0 Å². The molecule has 0 saturated heterocycles. The van der Waals surface area contributed by atoms with Crippen molar-refractivity contribution < 1.29 is 9.84 Å². The Morgan fingerprint density at radius 3 is 3.00 bits per heavy atom. The summed E-state index contributed by atoms with van der Waals surface area (Å²) in [7, 11) is 0. The predicted octanol–water partition coefficient (Wildman–Crippen LogP) is 1.26. The van der Waals surface area contributed by atoms with Gasteiger partial charge in [0, 0.05) is 12.0 Å². The fourth-order valence-corrected chi connectivity index (χ4v) is 2.11. The van der Waals surface area contributed by atoms with E-state index in [1.165, 1.54) is 5.56 Å². The number of nitrogens with two attached hydrogens (primary N) is 1. The van der Waals surface area contributed by atoms with E-state index in [0.717, 1.165) is 17.7 Å². The van der Waals surface area contributed by atoms with E-state index >= 15 is 0 Å². The van der Waals surface area contributed by atoms with E-state index in [4.69, 9.17) is 15.6 Å². The predicted molar refractivity (Wildman–Crippen MR) is 63.6 cm³/mol. The Bertz CT molecular complexity index is 388. The fraction of sp³-hybridized carbons (Fsp3) is 0.538. The smallest absolute Gasteiger partial charge is 0.123 e. The van der Waals surface area contributed by atoms with Crippen LogP contribution in [0, 0.1) is 0 Å². The van der Waals surface area contributed by atoms with Gasteiger partial charge >= 0.3 is 0 Å². The van der Waals surface area contributed by atoms with Gasteiger partial charge < -0.3 is 15.6 Å². The topological polar surface area (TPSA) is 55.5 Å². The van der Waals surface area contributed by atoms with Crippen LogP contribution < -0.4 is 10.5 Å². The minimum Gasteiger partial charge on any atom is -0.490 e. The molecule has 0 fully saturated rings. The molecular weight excluding hydrogens is 202 g/mol. The molecule has 3 heteroatoms. The molecule has 2 unspecified atom stereocenters. The van der Waals surface area contributed by atoms with Gasteiger partial charge in [-0.15, -0.1) is 0 Å². The molecule has 88 valence electrons. The number of hydrogen-bond donors (Lipinski definition) is 2. The molecule has 2 atom stereocenters. The highest BCUT2D eigenvalue weighted by atomic mass is 16.5. The van der Waals surface area contributed by atoms with Gasteiger partial charge in [0.25, 0.3) is 0 Å². The monoisotopic (exact) mass is 221 g/mol. The average molecular weight is 221 g/mol. The van der Waals surface area contributed by atoms with E-state index in [1.807, 2.05) is 19.1 Å². The largest absolute Gasteiger partial charge is 0.490 e. The van der Waals surface area contributed by atoms with Crippen LogP contribution in [0.5, 0.6) is 5.75 Å². The van der Waals surface area contributed by atoms with Crippen LogP contribution in [0.25, 0.3) is 0 Å². The second-order valence-electron chi connectivity index (χ2n) is 5.06. The lowest BCUT2D eigenvalue weighted by Crippen LogP contribution is -2.42. The highest BCUT2D eigenvalue weighted by molar-refractivity contribution is 5.41. The minimum atomic E-state index is -0.542. The van der Waals surface area contributed by atoms with E-state index in [2.05, 4.69) is 13.0 Å². The zero-order valence-electron chi connectivity index (χ0n) is 9.86. The van der Waals surface area contributed by atoms with E-state index in [0.29, 0.717) is 6.42 Å². The van der Waals surface area contributed by atoms with Gasteiger partial charge in [0.05, 0.1) is 6.61 Å². The van der Waals surface area contributed by atoms with E-state index < -0.39 is 5.54 Å². The second kappa shape index (κ2) is 4.07. The Kier molecular flexibility index (Phi) is 2.91. The molecule has 1 aromatic rings. The molecule has 1 heterocycles. The third kappa shape index (κ3) is 2.36. The Morgan fingerprint density at radius 2 is 2.31 bits per heavy atom. The van der Waals surface area contributed by atoms with E-state index in [1.54, 1.807) is 0 Å². The first-order chi connectivity index (χ1) is 7.50. The molecule has 2 rings (SSSR count). The first-order valence-electron chi connectivity index (χ1n) is 5.68. The van der Waals surface area contributed by atoms with Crippen molar-refractivity contribution in [1.29, 1.82) is 0 Å². The van der Waals surface area contributed by atoms with Crippen molar-refractivity contribution in [3.8, 4) is 5.75 Å². The van der Waals surface area contributed by atoms with Crippen LogP contribution in [0.1, 0.15) is 25.0 Å². The van der Waals surface area contributed by atoms with Crippen LogP contribution >= 0.6 is 0 Å². The minimum absolute atomic E-state index is 0.00299. The molecule has 0 amide bonds. The van der Waals surface area contributed by atoms with Crippen molar-refractivity contribution in [3.05, 3.63) is 29.3 Å². The number of aliphatic hydroxyl groups excluding tert-OH is 1. The summed E-state index contributed by atoms with van der Waals surface area (Å²) in [4.78, 5) is 0. The van der Waals surface area contributed by atoms with Crippen LogP contribution in [0.2, 0.25) is 0 Å². The third-order valence-electron chi connectivity index (χ3n) is 2.93. The second-order valence-corrected chi connectivity index (χ2v) is 5.06. The quantitative estimate of drug-likeness (QED) is 0.808. The van der Waals surface area contributed by atoms with Crippen molar-refractivity contribution >= 4 is 0 Å². The number of ether oxygens (including phenoxy) is 1. The zero-order chi connectivity index (χ0) is 11.8. The summed E-state index contributed by atoms with van der Waals surface area (Å²) < 4.78 is 5.64. The van der Waals surface area contributed by atoms with Gasteiger partial charge in [-0.1, -0.05) is 12.1 Å². The molecule has 0 aliphatic carbocycles. The molecule has 3 N–H and O–H groups in total. The van der Waals surface area contributed by atoms with Crippen LogP contribution in [0.3, 0.4) is 0 Å². The summed E-state index contributed by atoms with van der Waals surface area (Å²) in [5.41, 5.74) is 7.81. The lowest BCUT2D eigenvalue weighted by Gasteiger charge is -2.21. The molecule has 1 aromatic carbocycles. The van der Waals surface area contributed by atoms with Gasteiger partial charge in [-0.2, -0.15) is 0 Å². The van der Waals surface area contributed by atoms with Gasteiger partial charge in [-0.05, 0) is 37.5 Å². The number of rotatable bonds is 3. The van der Waals surface area contributed by atoms with E-state index in [-0.39, 0.29) is 12.7 Å². The highest BCUT2D eigenvalue weighted by Crippen LogP contribution is 2.30. The van der Waals surface area contributed by atoms with Crippen molar-refractivity contribution in [2.45, 2.75) is 38.3 Å². The van der Waals surface area contributed by atoms with Crippen molar-refractivity contribution in [1.82, 2.24) is 0 Å². The summed E-state index contributed by atoms with van der Waals surface area (Å²) in [5.74, 6) is 0.985. The zero-order valence-corrected chi connectivity index (χ0v) is 9.86. The summed E-state index contributed by atoms with van der Waals surface area (Å²) in [5, 5.41) is 9.14. The summed E-state index contributed by atoms with van der Waals surface area (Å²) >= 11 is 0. The maximum Gasteiger partial charge on any atom is 0.123 e. The van der Waals surface area contributed by atoms with Gasteiger partial charge in [0.1, 0.15) is 11.9 Å². The standard InChI is InChI=1S/C13H19NO2/c1-9-5-11-6-10(3-4-12(11)16-9)7-13(2,14)8-15/h3-4,6,9,15H,5,7-8,14H2,1-2H3. The Morgan fingerprint density at radius 1 is 1.56 bits per heavy atom. The molecule has 1 aliphatic rings. The molecule has 16 heavy (non-hydrogen) atoms. The normalized spacial score (nSPS) is 22.4. The molecule has 0 bridgehead atoms. The van der Waals surface area contributed by atoms with Crippen molar-refractivity contribution in [2.24, 2.45) is 5.73 Å². The maximum atomic E-state index is 9.14. The first-order valence-corrected chi connectivity index (χ1v) is 5.68. The highest BCUT2D eigenvalue weighted by Gasteiger charge is 2.22. The summed E-state index contributed by atoms with van der Waals surface area (Å²) in [6, 6.07) is 6.17. The van der Waals surface area contributed by atoms with Gasteiger partial charge in [0.15, 0.2) is 0 Å². The SMILES string of the molecule is CC1Cc2cc(CC(C)(N)CO)ccc2O1. The number of hydrogen-bond acceptors (Lipinski definition) is 3. The molecule has 1 aliphatic heterocycles. The molecule has 0 aromatic heterocycles. The number of fused-ring (bicyclic) bond motifs is 1. The third-order valence-corrected chi connectivity index (χ3v) is 2.93. The lowest BCUT2D eigenvalue weighted by molar-refractivity contribution is 0.208. The number of benzene rings is 1. The summed E-state index contributed by atoms with van der Waals surface area (Å²) in [6.07, 6.45) is 1.92. The Balaban J connectivity index is 2.17. The average Bonchev–Trinajstić information content (AvgIpc) is 2.57. The van der Waals surface area contributed by atoms with Crippen LogP contribution in [0.15, 0.2) is 18.2 Å². The Labute approximate surface area is 96.2 Å². The van der Waals surface area contributed by atoms with Gasteiger partial charge in [0.2, 0.25) is 0 Å². The van der Waals surface area contributed by atoms with Crippen molar-refractivity contribution in [2.75, 3.05) is 6.61 Å². The molecule has 0 radical (unpaired) electrons. The Hall–Kier alpha value is -1.06. The van der Waals surface area contributed by atoms with E-state index in [9.17, 15) is 0 Å². The maximum absolute atomic E-state index is 9.14. The van der Waals surface area contributed by atoms with Crippen LogP contribution in [0.4, 0.5) is 0 Å². The first kappa shape index (κ1) is 11.4. The van der Waals surface area contributed by atoms with Crippen LogP contribution in [-0.2, 0) is 12.8 Å². The van der Waals surface area contributed by atoms with Gasteiger partial charge in [-0.3, -0.25) is 0 Å². The number of aliphatic hydroxyl groups is 1.